The molecule has 0 saturated carbocycles. The van der Waals surface area contributed by atoms with Crippen molar-refractivity contribution < 1.29 is 19.3 Å². The Morgan fingerprint density at radius 2 is 2.20 bits per heavy atom. The van der Waals surface area contributed by atoms with Crippen molar-refractivity contribution in [2.45, 2.75) is 12.5 Å². The number of halogens is 1. The number of aromatic hydroxyl groups is 1. The van der Waals surface area contributed by atoms with Gasteiger partial charge in [-0.3, -0.25) is 0 Å². The fourth-order valence-electron chi connectivity index (χ4n) is 1.31. The van der Waals surface area contributed by atoms with Crippen molar-refractivity contribution in [3.63, 3.8) is 0 Å². The fraction of sp³-hybridized carbons (Fsp3) is 0.400. The van der Waals surface area contributed by atoms with E-state index < -0.39 is 11.9 Å². The smallest absolute Gasteiger partial charge is 0.165 e. The lowest BCUT2D eigenvalue weighted by Gasteiger charge is -2.13. The molecule has 15 heavy (non-hydrogen) atoms. The highest BCUT2D eigenvalue weighted by atomic mass is 19.1. The molecule has 0 heterocycles. The Morgan fingerprint density at radius 3 is 2.73 bits per heavy atom. The second kappa shape index (κ2) is 4.95. The molecule has 4 nitrogen and oxygen atoms in total. The molecule has 0 aliphatic rings. The molecule has 0 bridgehead atoms. The van der Waals surface area contributed by atoms with Gasteiger partial charge in [-0.05, 0) is 12.5 Å². The summed E-state index contributed by atoms with van der Waals surface area (Å²) >= 11 is 0. The van der Waals surface area contributed by atoms with Gasteiger partial charge in [0.25, 0.3) is 0 Å². The molecule has 0 radical (unpaired) electrons. The van der Waals surface area contributed by atoms with Crippen molar-refractivity contribution in [2.24, 2.45) is 5.73 Å². The van der Waals surface area contributed by atoms with Gasteiger partial charge >= 0.3 is 0 Å². The summed E-state index contributed by atoms with van der Waals surface area (Å²) in [7, 11) is 1.31. The predicted octanol–water partition coefficient (Wildman–Crippen LogP) is 0.922. The molecule has 0 aliphatic heterocycles. The van der Waals surface area contributed by atoms with Crippen molar-refractivity contribution in [3.05, 3.63) is 23.5 Å². The molecule has 1 unspecified atom stereocenters. The minimum Gasteiger partial charge on any atom is -0.507 e. The fourth-order valence-corrected chi connectivity index (χ4v) is 1.31. The lowest BCUT2D eigenvalue weighted by atomic mass is 10.0. The van der Waals surface area contributed by atoms with E-state index in [1.54, 1.807) is 0 Å². The number of phenols is 1. The first-order valence-corrected chi connectivity index (χ1v) is 4.53. The second-order valence-corrected chi connectivity index (χ2v) is 3.16. The number of phenolic OH excluding ortho intramolecular Hbond substituents is 1. The lowest BCUT2D eigenvalue weighted by Crippen LogP contribution is -2.12. The van der Waals surface area contributed by atoms with E-state index in [-0.39, 0.29) is 30.1 Å². The van der Waals surface area contributed by atoms with Crippen molar-refractivity contribution in [2.75, 3.05) is 13.7 Å². The molecule has 1 rings (SSSR count). The van der Waals surface area contributed by atoms with Gasteiger partial charge in [0.05, 0.1) is 7.11 Å². The van der Waals surface area contributed by atoms with Crippen LogP contribution in [0.2, 0.25) is 0 Å². The molecule has 0 aliphatic carbocycles. The molecule has 84 valence electrons. The number of hydrogen-bond acceptors (Lipinski definition) is 4. The standard InChI is InChI=1S/C10H14FNO3/c1-15-10-5-9(14)6(4-7(10)11)8(12)2-3-13/h4-5,8,13-14H,2-3,12H2,1H3. The largest absolute Gasteiger partial charge is 0.507 e. The third-order valence-corrected chi connectivity index (χ3v) is 2.14. The van der Waals surface area contributed by atoms with E-state index in [0.717, 1.165) is 6.07 Å². The van der Waals surface area contributed by atoms with E-state index in [1.807, 2.05) is 0 Å². The first-order chi connectivity index (χ1) is 7.10. The van der Waals surface area contributed by atoms with Crippen LogP contribution in [0.3, 0.4) is 0 Å². The van der Waals surface area contributed by atoms with Gasteiger partial charge in [0, 0.05) is 24.3 Å². The number of benzene rings is 1. The molecule has 1 atom stereocenters. The number of aliphatic hydroxyl groups is 1. The minimum atomic E-state index is -0.588. The monoisotopic (exact) mass is 215 g/mol. The number of nitrogens with two attached hydrogens (primary N) is 1. The highest BCUT2D eigenvalue weighted by Gasteiger charge is 2.14. The average molecular weight is 215 g/mol. The maximum atomic E-state index is 13.3. The van der Waals surface area contributed by atoms with Crippen molar-refractivity contribution in [1.82, 2.24) is 0 Å². The first-order valence-electron chi connectivity index (χ1n) is 4.53. The number of aliphatic hydroxyl groups excluding tert-OH is 1. The number of rotatable bonds is 4. The van der Waals surface area contributed by atoms with E-state index in [4.69, 9.17) is 15.6 Å². The molecular weight excluding hydrogens is 201 g/mol. The molecular formula is C10H14FNO3. The Bertz CT molecular complexity index is 344. The van der Waals surface area contributed by atoms with Crippen LogP contribution in [0.25, 0.3) is 0 Å². The van der Waals surface area contributed by atoms with Gasteiger partial charge in [-0.25, -0.2) is 4.39 Å². The van der Waals surface area contributed by atoms with Crippen LogP contribution in [-0.4, -0.2) is 23.9 Å². The summed E-state index contributed by atoms with van der Waals surface area (Å²) in [5, 5.41) is 18.2. The van der Waals surface area contributed by atoms with E-state index in [9.17, 15) is 9.50 Å². The number of methoxy groups -OCH3 is 1. The summed E-state index contributed by atoms with van der Waals surface area (Å²) in [5.41, 5.74) is 5.91. The zero-order valence-corrected chi connectivity index (χ0v) is 8.40. The van der Waals surface area contributed by atoms with Gasteiger partial charge in [0.15, 0.2) is 11.6 Å². The van der Waals surface area contributed by atoms with Crippen LogP contribution >= 0.6 is 0 Å². The SMILES string of the molecule is COc1cc(O)c(C(N)CCO)cc1F. The Morgan fingerprint density at radius 1 is 1.53 bits per heavy atom. The normalized spacial score (nSPS) is 12.5. The third-order valence-electron chi connectivity index (χ3n) is 2.14. The summed E-state index contributed by atoms with van der Waals surface area (Å²) in [6.07, 6.45) is 0.263. The maximum Gasteiger partial charge on any atom is 0.165 e. The van der Waals surface area contributed by atoms with Crippen molar-refractivity contribution in [1.29, 1.82) is 0 Å². The molecule has 5 heteroatoms. The average Bonchev–Trinajstić information content (AvgIpc) is 2.21. The quantitative estimate of drug-likeness (QED) is 0.698. The predicted molar refractivity (Wildman–Crippen MR) is 53.2 cm³/mol. The van der Waals surface area contributed by atoms with Crippen LogP contribution < -0.4 is 10.5 Å². The second-order valence-electron chi connectivity index (χ2n) is 3.16. The Hall–Kier alpha value is -1.33. The molecule has 0 amide bonds. The van der Waals surface area contributed by atoms with Crippen LogP contribution in [-0.2, 0) is 0 Å². The van der Waals surface area contributed by atoms with E-state index in [0.29, 0.717) is 0 Å². The van der Waals surface area contributed by atoms with E-state index in [1.165, 1.54) is 13.2 Å². The highest BCUT2D eigenvalue weighted by Crippen LogP contribution is 2.31. The molecule has 0 aromatic heterocycles. The number of hydrogen-bond donors (Lipinski definition) is 3. The van der Waals surface area contributed by atoms with Gasteiger partial charge in [-0.2, -0.15) is 0 Å². The summed E-state index contributed by atoms with van der Waals surface area (Å²) in [5.74, 6) is -0.750. The van der Waals surface area contributed by atoms with Crippen molar-refractivity contribution in [3.8, 4) is 11.5 Å². The van der Waals surface area contributed by atoms with E-state index >= 15 is 0 Å². The topological polar surface area (TPSA) is 75.7 Å². The molecule has 0 saturated heterocycles. The maximum absolute atomic E-state index is 13.3. The van der Waals surface area contributed by atoms with Gasteiger partial charge in [-0.1, -0.05) is 0 Å². The summed E-state index contributed by atoms with van der Waals surface area (Å²) in [4.78, 5) is 0. The minimum absolute atomic E-state index is 0.0348. The molecule has 1 aromatic carbocycles. The zero-order chi connectivity index (χ0) is 11.4. The van der Waals surface area contributed by atoms with Crippen LogP contribution in [0, 0.1) is 5.82 Å². The van der Waals surface area contributed by atoms with Crippen LogP contribution in [0.5, 0.6) is 11.5 Å². The van der Waals surface area contributed by atoms with Crippen LogP contribution in [0.4, 0.5) is 4.39 Å². The molecule has 1 aromatic rings. The summed E-state index contributed by atoms with van der Waals surface area (Å²) in [6, 6.07) is 1.70. The summed E-state index contributed by atoms with van der Waals surface area (Å²) in [6.45, 7) is -0.117. The zero-order valence-electron chi connectivity index (χ0n) is 8.40. The first kappa shape index (κ1) is 11.7. The van der Waals surface area contributed by atoms with Crippen molar-refractivity contribution >= 4 is 0 Å². The molecule has 4 N–H and O–H groups in total. The van der Waals surface area contributed by atoms with Gasteiger partial charge in [-0.15, -0.1) is 0 Å². The van der Waals surface area contributed by atoms with E-state index in [2.05, 4.69) is 0 Å². The van der Waals surface area contributed by atoms with Crippen LogP contribution in [0.1, 0.15) is 18.0 Å². The lowest BCUT2D eigenvalue weighted by molar-refractivity contribution is 0.275. The molecule has 0 spiro atoms. The highest BCUT2D eigenvalue weighted by molar-refractivity contribution is 5.42. The van der Waals surface area contributed by atoms with Crippen LogP contribution in [0.15, 0.2) is 12.1 Å². The van der Waals surface area contributed by atoms with Gasteiger partial charge in [0.1, 0.15) is 5.75 Å². The molecule has 0 fully saturated rings. The number of ether oxygens (including phenoxy) is 1. The van der Waals surface area contributed by atoms with Gasteiger partial charge < -0.3 is 20.7 Å². The Labute approximate surface area is 87.1 Å². The Balaban J connectivity index is 3.04. The Kier molecular flexibility index (Phi) is 3.88. The van der Waals surface area contributed by atoms with Gasteiger partial charge in [0.2, 0.25) is 0 Å². The summed E-state index contributed by atoms with van der Waals surface area (Å²) < 4.78 is 18.0. The third kappa shape index (κ3) is 2.57.